The number of anilines is 1. The topological polar surface area (TPSA) is 71.2 Å². The molecule has 2 aromatic rings. The Labute approximate surface area is 129 Å². The van der Waals surface area contributed by atoms with Crippen LogP contribution in [0.3, 0.4) is 0 Å². The standard InChI is InChI=1S/C15H13F3N2O3/c1-23-12(9-5-3-2-4-6-9)14(22)20-11-7-10(15(16,17)18)8-19-13(11)21/h2-8,12H,1H3,(H,19,21)(H,20,22). The molecule has 23 heavy (non-hydrogen) atoms. The van der Waals surface area contributed by atoms with Crippen LogP contribution >= 0.6 is 0 Å². The second kappa shape index (κ2) is 6.66. The summed E-state index contributed by atoms with van der Waals surface area (Å²) in [5.74, 6) is -0.747. The summed E-state index contributed by atoms with van der Waals surface area (Å²) >= 11 is 0. The third kappa shape index (κ3) is 3.98. The number of amides is 1. The van der Waals surface area contributed by atoms with E-state index in [0.717, 1.165) is 0 Å². The van der Waals surface area contributed by atoms with Crippen LogP contribution in [0.1, 0.15) is 17.2 Å². The molecular formula is C15H13F3N2O3. The minimum absolute atomic E-state index is 0.497. The molecule has 0 saturated carbocycles. The van der Waals surface area contributed by atoms with Crippen molar-refractivity contribution in [1.82, 2.24) is 4.98 Å². The molecule has 1 unspecified atom stereocenters. The van der Waals surface area contributed by atoms with Gasteiger partial charge < -0.3 is 15.0 Å². The molecule has 122 valence electrons. The Morgan fingerprint density at radius 1 is 1.26 bits per heavy atom. The van der Waals surface area contributed by atoms with E-state index < -0.39 is 35.0 Å². The van der Waals surface area contributed by atoms with E-state index in [2.05, 4.69) is 5.32 Å². The summed E-state index contributed by atoms with van der Waals surface area (Å²) in [4.78, 5) is 25.7. The number of hydrogen-bond donors (Lipinski definition) is 2. The molecule has 0 aliphatic carbocycles. The normalized spacial score (nSPS) is 12.7. The zero-order valence-electron chi connectivity index (χ0n) is 12.0. The zero-order chi connectivity index (χ0) is 17.0. The molecule has 5 nitrogen and oxygen atoms in total. The van der Waals surface area contributed by atoms with Gasteiger partial charge in [-0.25, -0.2) is 0 Å². The largest absolute Gasteiger partial charge is 0.417 e. The van der Waals surface area contributed by atoms with Gasteiger partial charge in [0, 0.05) is 13.3 Å². The molecule has 0 spiro atoms. The van der Waals surface area contributed by atoms with Crippen molar-refractivity contribution in [2.75, 3.05) is 12.4 Å². The molecule has 0 radical (unpaired) electrons. The van der Waals surface area contributed by atoms with E-state index in [1.54, 1.807) is 30.3 Å². The maximum atomic E-state index is 12.7. The van der Waals surface area contributed by atoms with Gasteiger partial charge in [0.1, 0.15) is 5.69 Å². The van der Waals surface area contributed by atoms with Crippen molar-refractivity contribution in [3.63, 3.8) is 0 Å². The predicted molar refractivity (Wildman–Crippen MR) is 76.9 cm³/mol. The van der Waals surface area contributed by atoms with Gasteiger partial charge in [0.2, 0.25) is 0 Å². The van der Waals surface area contributed by atoms with Gasteiger partial charge in [0.05, 0.1) is 5.56 Å². The van der Waals surface area contributed by atoms with Crippen LogP contribution in [0.15, 0.2) is 47.4 Å². The highest BCUT2D eigenvalue weighted by Gasteiger charge is 2.32. The number of carbonyl (C=O) groups excluding carboxylic acids is 1. The predicted octanol–water partition coefficient (Wildman–Crippen LogP) is 2.72. The number of carbonyl (C=O) groups is 1. The van der Waals surface area contributed by atoms with Crippen LogP contribution in [0.4, 0.5) is 18.9 Å². The molecule has 0 saturated heterocycles. The Morgan fingerprint density at radius 3 is 2.48 bits per heavy atom. The molecule has 0 fully saturated rings. The maximum Gasteiger partial charge on any atom is 0.417 e. The molecule has 1 aromatic carbocycles. The molecular weight excluding hydrogens is 313 g/mol. The summed E-state index contributed by atoms with van der Waals surface area (Å²) in [7, 11) is 1.29. The first-order valence-electron chi connectivity index (χ1n) is 6.51. The zero-order valence-corrected chi connectivity index (χ0v) is 12.0. The van der Waals surface area contributed by atoms with Gasteiger partial charge in [-0.3, -0.25) is 9.59 Å². The Balaban J connectivity index is 2.27. The summed E-state index contributed by atoms with van der Waals surface area (Å²) < 4.78 is 43.1. The van der Waals surface area contributed by atoms with Crippen molar-refractivity contribution in [2.24, 2.45) is 0 Å². The van der Waals surface area contributed by atoms with Crippen LogP contribution in [0.25, 0.3) is 0 Å². The van der Waals surface area contributed by atoms with E-state index in [1.165, 1.54) is 7.11 Å². The van der Waals surface area contributed by atoms with Crippen molar-refractivity contribution < 1.29 is 22.7 Å². The van der Waals surface area contributed by atoms with Crippen LogP contribution in [0.5, 0.6) is 0 Å². The fraction of sp³-hybridized carbons (Fsp3) is 0.200. The number of nitrogens with one attached hydrogen (secondary N) is 2. The smallest absolute Gasteiger partial charge is 0.367 e. The number of ether oxygens (including phenoxy) is 1. The van der Waals surface area contributed by atoms with E-state index in [4.69, 9.17) is 4.74 Å². The maximum absolute atomic E-state index is 12.7. The number of hydrogen-bond acceptors (Lipinski definition) is 3. The third-order valence-electron chi connectivity index (χ3n) is 3.06. The SMILES string of the molecule is COC(C(=O)Nc1cc(C(F)(F)F)c[nH]c1=O)c1ccccc1. The number of benzene rings is 1. The van der Waals surface area contributed by atoms with Gasteiger partial charge in [0.25, 0.3) is 11.5 Å². The number of halogens is 3. The second-order valence-corrected chi connectivity index (χ2v) is 4.64. The van der Waals surface area contributed by atoms with E-state index in [0.29, 0.717) is 17.8 Å². The Hall–Kier alpha value is -2.61. The van der Waals surface area contributed by atoms with Gasteiger partial charge in [-0.05, 0) is 11.6 Å². The molecule has 2 rings (SSSR count). The van der Waals surface area contributed by atoms with Crippen molar-refractivity contribution in [3.8, 4) is 0 Å². The first-order chi connectivity index (χ1) is 10.8. The summed E-state index contributed by atoms with van der Waals surface area (Å²) in [6.45, 7) is 0. The average molecular weight is 326 g/mol. The number of aromatic amines is 1. The van der Waals surface area contributed by atoms with E-state index in [1.807, 2.05) is 4.98 Å². The van der Waals surface area contributed by atoms with E-state index >= 15 is 0 Å². The molecule has 0 aliphatic rings. The molecule has 8 heteroatoms. The average Bonchev–Trinajstić information content (AvgIpc) is 2.50. The number of alkyl halides is 3. The van der Waals surface area contributed by atoms with Crippen LogP contribution < -0.4 is 10.9 Å². The highest BCUT2D eigenvalue weighted by molar-refractivity contribution is 5.94. The highest BCUT2D eigenvalue weighted by atomic mass is 19.4. The number of rotatable bonds is 4. The van der Waals surface area contributed by atoms with Crippen LogP contribution in [-0.4, -0.2) is 18.0 Å². The quantitative estimate of drug-likeness (QED) is 0.907. The van der Waals surface area contributed by atoms with Gasteiger partial charge in [-0.2, -0.15) is 13.2 Å². The molecule has 1 amide bonds. The molecule has 1 heterocycles. The Bertz CT molecular complexity index is 742. The summed E-state index contributed by atoms with van der Waals surface area (Å²) in [5.41, 5.74) is -1.89. The van der Waals surface area contributed by atoms with Gasteiger partial charge in [-0.1, -0.05) is 30.3 Å². The van der Waals surface area contributed by atoms with Crippen molar-refractivity contribution in [1.29, 1.82) is 0 Å². The minimum Gasteiger partial charge on any atom is -0.367 e. The lowest BCUT2D eigenvalue weighted by atomic mass is 10.1. The first kappa shape index (κ1) is 16.8. The number of pyridine rings is 1. The minimum atomic E-state index is -4.64. The van der Waals surface area contributed by atoms with Crippen LogP contribution in [0.2, 0.25) is 0 Å². The highest BCUT2D eigenvalue weighted by Crippen LogP contribution is 2.29. The van der Waals surface area contributed by atoms with Crippen molar-refractivity contribution in [2.45, 2.75) is 12.3 Å². The van der Waals surface area contributed by atoms with Gasteiger partial charge >= 0.3 is 6.18 Å². The molecule has 2 N–H and O–H groups in total. The molecule has 1 atom stereocenters. The lowest BCUT2D eigenvalue weighted by Gasteiger charge is -2.16. The summed E-state index contributed by atoms with van der Waals surface area (Å²) in [5, 5.41) is 2.16. The van der Waals surface area contributed by atoms with Gasteiger partial charge in [0.15, 0.2) is 6.10 Å². The van der Waals surface area contributed by atoms with Gasteiger partial charge in [-0.15, -0.1) is 0 Å². The Kier molecular flexibility index (Phi) is 4.85. The fourth-order valence-corrected chi connectivity index (χ4v) is 1.96. The molecule has 1 aromatic heterocycles. The third-order valence-corrected chi connectivity index (χ3v) is 3.06. The van der Waals surface area contributed by atoms with Crippen molar-refractivity contribution >= 4 is 11.6 Å². The van der Waals surface area contributed by atoms with E-state index in [9.17, 15) is 22.8 Å². The first-order valence-corrected chi connectivity index (χ1v) is 6.51. The van der Waals surface area contributed by atoms with E-state index in [-0.39, 0.29) is 0 Å². The number of aromatic nitrogens is 1. The molecule has 0 bridgehead atoms. The summed E-state index contributed by atoms with van der Waals surface area (Å²) in [6.07, 6.45) is -5.14. The Morgan fingerprint density at radius 2 is 1.91 bits per heavy atom. The van der Waals surface area contributed by atoms with Crippen molar-refractivity contribution in [3.05, 3.63) is 64.1 Å². The van der Waals surface area contributed by atoms with Crippen LogP contribution in [-0.2, 0) is 15.7 Å². The second-order valence-electron chi connectivity index (χ2n) is 4.64. The fourth-order valence-electron chi connectivity index (χ4n) is 1.96. The lowest BCUT2D eigenvalue weighted by Crippen LogP contribution is -2.26. The summed E-state index contributed by atoms with van der Waals surface area (Å²) in [6, 6.07) is 8.95. The lowest BCUT2D eigenvalue weighted by molar-refractivity contribution is -0.137. The van der Waals surface area contributed by atoms with Crippen LogP contribution in [0, 0.1) is 0 Å². The number of H-pyrrole nitrogens is 1. The monoisotopic (exact) mass is 326 g/mol. The number of methoxy groups -OCH3 is 1. The molecule has 0 aliphatic heterocycles.